The van der Waals surface area contributed by atoms with Gasteiger partial charge >= 0.3 is 0 Å². The minimum absolute atomic E-state index is 0.311. The Kier molecular flexibility index (Phi) is 5.25. The predicted molar refractivity (Wildman–Crippen MR) is 73.1 cm³/mol. The molecule has 0 aliphatic carbocycles. The number of hydrogen-bond donors (Lipinski definition) is 0. The number of benzene rings is 1. The average Bonchev–Trinajstić information content (AvgIpc) is 2.40. The van der Waals surface area contributed by atoms with Crippen LogP contribution in [0.5, 0.6) is 0 Å². The molecular weight excluding hydrogens is 265 g/mol. The zero-order valence-corrected chi connectivity index (χ0v) is 11.9. The molecule has 0 aliphatic rings. The summed E-state index contributed by atoms with van der Waals surface area (Å²) in [6.07, 6.45) is 3.17. The maximum absolute atomic E-state index is 13.6. The molecule has 0 spiro atoms. The van der Waals surface area contributed by atoms with Gasteiger partial charge in [-0.05, 0) is 24.6 Å². The fraction of sp³-hybridized carbons (Fsp3) is 0.333. The molecule has 0 atom stereocenters. The van der Waals surface area contributed by atoms with Crippen LogP contribution in [-0.2, 0) is 5.92 Å². The largest absolute Gasteiger partial charge is 0.273 e. The van der Waals surface area contributed by atoms with Crippen molar-refractivity contribution in [2.24, 2.45) is 0 Å². The van der Waals surface area contributed by atoms with E-state index in [4.69, 9.17) is 0 Å². The van der Waals surface area contributed by atoms with Crippen molar-refractivity contribution in [3.05, 3.63) is 47.5 Å². The maximum Gasteiger partial charge on any atom is 0.273 e. The third-order valence-corrected chi connectivity index (χ3v) is 2.48. The Bertz CT molecular complexity index is 560. The quantitative estimate of drug-likeness (QED) is 0.795. The lowest BCUT2D eigenvalue weighted by Crippen LogP contribution is -2.09. The Morgan fingerprint density at radius 1 is 1.05 bits per heavy atom. The van der Waals surface area contributed by atoms with Crippen molar-refractivity contribution in [2.45, 2.75) is 33.6 Å². The van der Waals surface area contributed by atoms with E-state index in [9.17, 15) is 13.2 Å². The summed E-state index contributed by atoms with van der Waals surface area (Å²) in [5, 5.41) is 0. The van der Waals surface area contributed by atoms with Crippen LogP contribution in [0.25, 0.3) is 11.4 Å². The fourth-order valence-corrected chi connectivity index (χ4v) is 1.55. The molecule has 2 aromatic rings. The van der Waals surface area contributed by atoms with E-state index in [1.807, 2.05) is 20.8 Å². The van der Waals surface area contributed by atoms with Crippen molar-refractivity contribution in [2.75, 3.05) is 0 Å². The van der Waals surface area contributed by atoms with Crippen molar-refractivity contribution >= 4 is 0 Å². The molecule has 0 unspecified atom stereocenters. The molecule has 0 amide bonds. The summed E-state index contributed by atoms with van der Waals surface area (Å²) in [6, 6.07) is 3.48. The minimum Gasteiger partial charge on any atom is -0.236 e. The van der Waals surface area contributed by atoms with Crippen LogP contribution in [-0.4, -0.2) is 9.97 Å². The lowest BCUT2D eigenvalue weighted by atomic mass is 10.1. The predicted octanol–water partition coefficient (Wildman–Crippen LogP) is 4.73. The SMILES string of the molecule is CC.Cc1cnc(-c2ccc(C(C)(F)F)c(F)c2)nc1. The van der Waals surface area contributed by atoms with Crippen LogP contribution in [0.3, 0.4) is 0 Å². The summed E-state index contributed by atoms with van der Waals surface area (Å²) in [6.45, 7) is 6.48. The van der Waals surface area contributed by atoms with Gasteiger partial charge < -0.3 is 0 Å². The summed E-state index contributed by atoms with van der Waals surface area (Å²) < 4.78 is 39.6. The first-order valence-electron chi connectivity index (χ1n) is 6.35. The van der Waals surface area contributed by atoms with Crippen LogP contribution in [0.4, 0.5) is 13.2 Å². The molecule has 0 radical (unpaired) electrons. The normalized spacial score (nSPS) is 10.8. The number of hydrogen-bond acceptors (Lipinski definition) is 2. The van der Waals surface area contributed by atoms with Crippen LogP contribution in [0, 0.1) is 12.7 Å². The van der Waals surface area contributed by atoms with E-state index >= 15 is 0 Å². The van der Waals surface area contributed by atoms with Crippen LogP contribution < -0.4 is 0 Å². The van der Waals surface area contributed by atoms with Crippen molar-refractivity contribution in [1.82, 2.24) is 9.97 Å². The van der Waals surface area contributed by atoms with Gasteiger partial charge in [0.2, 0.25) is 0 Å². The second kappa shape index (κ2) is 6.50. The molecule has 0 fully saturated rings. The van der Waals surface area contributed by atoms with Crippen LogP contribution >= 0.6 is 0 Å². The highest BCUT2D eigenvalue weighted by Crippen LogP contribution is 2.31. The van der Waals surface area contributed by atoms with Gasteiger partial charge in [-0.1, -0.05) is 19.9 Å². The number of aromatic nitrogens is 2. The molecule has 0 aliphatic heterocycles. The highest BCUT2D eigenvalue weighted by Gasteiger charge is 2.28. The van der Waals surface area contributed by atoms with Crippen molar-refractivity contribution in [1.29, 1.82) is 0 Å². The first-order chi connectivity index (χ1) is 9.38. The zero-order valence-electron chi connectivity index (χ0n) is 11.9. The number of rotatable bonds is 2. The third-order valence-electron chi connectivity index (χ3n) is 2.48. The standard InChI is InChI=1S/C13H11F3N2.C2H6/c1-8-6-17-12(18-7-8)9-3-4-10(11(14)5-9)13(2,15)16;1-2/h3-7H,1-2H3;1-2H3. The van der Waals surface area contributed by atoms with Gasteiger partial charge in [-0.3, -0.25) is 0 Å². The first-order valence-corrected chi connectivity index (χ1v) is 6.35. The first kappa shape index (κ1) is 16.1. The van der Waals surface area contributed by atoms with E-state index in [-0.39, 0.29) is 0 Å². The summed E-state index contributed by atoms with van der Waals surface area (Å²) in [7, 11) is 0. The van der Waals surface area contributed by atoms with Crippen molar-refractivity contribution in [3.63, 3.8) is 0 Å². The van der Waals surface area contributed by atoms with E-state index in [0.29, 0.717) is 18.3 Å². The van der Waals surface area contributed by atoms with Crippen molar-refractivity contribution < 1.29 is 13.2 Å². The highest BCUT2D eigenvalue weighted by atomic mass is 19.3. The van der Waals surface area contributed by atoms with Crippen LogP contribution in [0.15, 0.2) is 30.6 Å². The van der Waals surface area contributed by atoms with Gasteiger partial charge in [0.25, 0.3) is 5.92 Å². The molecule has 2 rings (SSSR count). The number of alkyl halides is 2. The van der Waals surface area contributed by atoms with Crippen LogP contribution in [0.2, 0.25) is 0 Å². The highest BCUT2D eigenvalue weighted by molar-refractivity contribution is 5.55. The van der Waals surface area contributed by atoms with Gasteiger partial charge in [-0.25, -0.2) is 23.1 Å². The Hall–Kier alpha value is -1.91. The van der Waals surface area contributed by atoms with Gasteiger partial charge in [-0.2, -0.15) is 0 Å². The summed E-state index contributed by atoms with van der Waals surface area (Å²) in [5.74, 6) is -3.84. The van der Waals surface area contributed by atoms with Crippen LogP contribution in [0.1, 0.15) is 31.9 Å². The summed E-state index contributed by atoms with van der Waals surface area (Å²) >= 11 is 0. The number of nitrogens with zero attached hydrogens (tertiary/aromatic N) is 2. The fourth-order valence-electron chi connectivity index (χ4n) is 1.55. The Morgan fingerprint density at radius 2 is 1.60 bits per heavy atom. The number of halogens is 3. The topological polar surface area (TPSA) is 25.8 Å². The van der Waals surface area contributed by atoms with Gasteiger partial charge in [-0.15, -0.1) is 0 Å². The Labute approximate surface area is 116 Å². The van der Waals surface area contributed by atoms with Gasteiger partial charge in [0.05, 0.1) is 5.56 Å². The lowest BCUT2D eigenvalue weighted by molar-refractivity contribution is 0.0138. The molecule has 0 saturated carbocycles. The van der Waals surface area contributed by atoms with E-state index in [0.717, 1.165) is 17.7 Å². The molecule has 108 valence electrons. The summed E-state index contributed by atoms with van der Waals surface area (Å²) in [4.78, 5) is 8.03. The molecule has 2 nitrogen and oxygen atoms in total. The lowest BCUT2D eigenvalue weighted by Gasteiger charge is -2.12. The van der Waals surface area contributed by atoms with Gasteiger partial charge in [0.15, 0.2) is 5.82 Å². The smallest absolute Gasteiger partial charge is 0.236 e. The van der Waals surface area contributed by atoms with E-state index in [1.165, 1.54) is 6.07 Å². The molecule has 5 heteroatoms. The van der Waals surface area contributed by atoms with Gasteiger partial charge in [0.1, 0.15) is 5.82 Å². The average molecular weight is 282 g/mol. The second-order valence-electron chi connectivity index (χ2n) is 4.17. The Morgan fingerprint density at radius 3 is 2.05 bits per heavy atom. The van der Waals surface area contributed by atoms with E-state index < -0.39 is 17.3 Å². The van der Waals surface area contributed by atoms with E-state index in [1.54, 1.807) is 12.4 Å². The molecule has 1 aromatic heterocycles. The van der Waals surface area contributed by atoms with Gasteiger partial charge in [0, 0.05) is 24.9 Å². The molecule has 0 bridgehead atoms. The minimum atomic E-state index is -3.20. The van der Waals surface area contributed by atoms with Crippen molar-refractivity contribution in [3.8, 4) is 11.4 Å². The maximum atomic E-state index is 13.6. The molecule has 20 heavy (non-hydrogen) atoms. The monoisotopic (exact) mass is 282 g/mol. The molecular formula is C15H17F3N2. The Balaban J connectivity index is 0.000000956. The molecule has 1 heterocycles. The van der Waals surface area contributed by atoms with E-state index in [2.05, 4.69) is 9.97 Å². The molecule has 0 N–H and O–H groups in total. The second-order valence-corrected chi connectivity index (χ2v) is 4.17. The third kappa shape index (κ3) is 3.79. The molecule has 1 aromatic carbocycles. The molecule has 0 saturated heterocycles. The summed E-state index contributed by atoms with van der Waals surface area (Å²) in [5.41, 5.74) is 0.620. The number of aryl methyl sites for hydroxylation is 1. The zero-order chi connectivity index (χ0) is 15.3.